The highest BCUT2D eigenvalue weighted by Gasteiger charge is 2.54. The second-order valence-corrected chi connectivity index (χ2v) is 3.26. The number of nitrogens with zero attached hydrogens (tertiary/aromatic N) is 1. The van der Waals surface area contributed by atoms with Crippen molar-refractivity contribution in [3.05, 3.63) is 0 Å². The summed E-state index contributed by atoms with van der Waals surface area (Å²) in [5, 5.41) is 2.50. The van der Waals surface area contributed by atoms with Crippen molar-refractivity contribution in [3.63, 3.8) is 0 Å². The van der Waals surface area contributed by atoms with Crippen molar-refractivity contribution in [1.82, 2.24) is 0 Å². The molecule has 0 aromatic heterocycles. The lowest BCUT2D eigenvalue weighted by Crippen LogP contribution is -2.05. The fourth-order valence-corrected chi connectivity index (χ4v) is 1.63. The van der Waals surface area contributed by atoms with E-state index in [9.17, 15) is 0 Å². The van der Waals surface area contributed by atoms with E-state index in [0.29, 0.717) is 5.54 Å². The first-order valence-electron chi connectivity index (χ1n) is 3.46. The maximum atomic E-state index is 4.57. The van der Waals surface area contributed by atoms with Gasteiger partial charge in [-0.3, -0.25) is 0 Å². The van der Waals surface area contributed by atoms with Crippen molar-refractivity contribution in [3.8, 4) is 0 Å². The molecule has 0 unspecified atom stereocenters. The molecule has 9 heavy (non-hydrogen) atoms. The minimum absolute atomic E-state index is 0.321. The van der Waals surface area contributed by atoms with Gasteiger partial charge in [0.05, 0.1) is 10.7 Å². The van der Waals surface area contributed by atoms with Gasteiger partial charge in [0, 0.05) is 0 Å². The van der Waals surface area contributed by atoms with E-state index in [0.717, 1.165) is 5.92 Å². The molecule has 0 aromatic carbocycles. The standard InChI is InChI=1S/C7H9NS/c9-5-8-7(3-4-7)6-1-2-6/h6H,1-4H2. The molecular weight excluding hydrogens is 130 g/mol. The Balaban J connectivity index is 2.12. The van der Waals surface area contributed by atoms with Crippen LogP contribution in [0.2, 0.25) is 0 Å². The highest BCUT2D eigenvalue weighted by molar-refractivity contribution is 7.78. The van der Waals surface area contributed by atoms with Crippen LogP contribution < -0.4 is 0 Å². The topological polar surface area (TPSA) is 12.4 Å². The van der Waals surface area contributed by atoms with Crippen LogP contribution in [-0.4, -0.2) is 10.7 Å². The highest BCUT2D eigenvalue weighted by atomic mass is 32.1. The lowest BCUT2D eigenvalue weighted by Gasteiger charge is -2.01. The Labute approximate surface area is 60.2 Å². The van der Waals surface area contributed by atoms with Crippen molar-refractivity contribution in [2.45, 2.75) is 31.2 Å². The van der Waals surface area contributed by atoms with E-state index >= 15 is 0 Å². The van der Waals surface area contributed by atoms with E-state index in [1.807, 2.05) is 0 Å². The van der Waals surface area contributed by atoms with Gasteiger partial charge in [-0.2, -0.15) is 0 Å². The van der Waals surface area contributed by atoms with Crippen molar-refractivity contribution in [2.75, 3.05) is 0 Å². The Hall–Kier alpha value is -0.200. The van der Waals surface area contributed by atoms with Gasteiger partial charge in [0.25, 0.3) is 0 Å². The molecule has 0 bridgehead atoms. The molecule has 0 amide bonds. The first-order valence-corrected chi connectivity index (χ1v) is 3.87. The van der Waals surface area contributed by atoms with E-state index in [-0.39, 0.29) is 0 Å². The van der Waals surface area contributed by atoms with Crippen LogP contribution in [0.3, 0.4) is 0 Å². The summed E-state index contributed by atoms with van der Waals surface area (Å²) < 4.78 is 0. The van der Waals surface area contributed by atoms with Gasteiger partial charge in [0.15, 0.2) is 0 Å². The van der Waals surface area contributed by atoms with E-state index in [1.54, 1.807) is 0 Å². The summed E-state index contributed by atoms with van der Waals surface area (Å²) in [6.45, 7) is 0. The molecule has 2 aliphatic carbocycles. The summed E-state index contributed by atoms with van der Waals surface area (Å²) in [6, 6.07) is 0. The van der Waals surface area contributed by atoms with Crippen LogP contribution in [0.5, 0.6) is 0 Å². The smallest absolute Gasteiger partial charge is 0.0740 e. The summed E-state index contributed by atoms with van der Waals surface area (Å²) in [5.74, 6) is 0.882. The van der Waals surface area contributed by atoms with Crippen molar-refractivity contribution < 1.29 is 0 Å². The van der Waals surface area contributed by atoms with Gasteiger partial charge in [-0.15, -0.1) is 0 Å². The first-order chi connectivity index (χ1) is 4.37. The van der Waals surface area contributed by atoms with Crippen molar-refractivity contribution in [1.29, 1.82) is 0 Å². The summed E-state index contributed by atoms with van der Waals surface area (Å²) in [4.78, 5) is 4.19. The van der Waals surface area contributed by atoms with Gasteiger partial charge >= 0.3 is 0 Å². The molecule has 2 fully saturated rings. The fourth-order valence-electron chi connectivity index (χ4n) is 1.45. The SMILES string of the molecule is S=C=NC1(C2CC2)CC1. The maximum absolute atomic E-state index is 4.57. The molecule has 2 rings (SSSR count). The molecule has 1 nitrogen and oxygen atoms in total. The van der Waals surface area contributed by atoms with Crippen LogP contribution in [0.1, 0.15) is 25.7 Å². The quantitative estimate of drug-likeness (QED) is 0.421. The third kappa shape index (κ3) is 0.828. The third-order valence-electron chi connectivity index (χ3n) is 2.37. The zero-order chi connectivity index (χ0) is 6.32. The molecule has 0 radical (unpaired) electrons. The monoisotopic (exact) mass is 139 g/mol. The van der Waals surface area contributed by atoms with Gasteiger partial charge < -0.3 is 0 Å². The van der Waals surface area contributed by atoms with Gasteiger partial charge in [0.1, 0.15) is 0 Å². The van der Waals surface area contributed by atoms with E-state index in [1.165, 1.54) is 25.7 Å². The average Bonchev–Trinajstić information content (AvgIpc) is 2.61. The summed E-state index contributed by atoms with van der Waals surface area (Å²) in [7, 11) is 0. The maximum Gasteiger partial charge on any atom is 0.0740 e. The Bertz CT molecular complexity index is 173. The van der Waals surface area contributed by atoms with Crippen LogP contribution in [0.25, 0.3) is 0 Å². The van der Waals surface area contributed by atoms with Crippen LogP contribution in [0.4, 0.5) is 0 Å². The molecule has 2 heteroatoms. The predicted molar refractivity (Wildman–Crippen MR) is 39.7 cm³/mol. The molecule has 0 N–H and O–H groups in total. The second kappa shape index (κ2) is 1.65. The minimum Gasteiger partial charge on any atom is -0.225 e. The lowest BCUT2D eigenvalue weighted by atomic mass is 10.2. The zero-order valence-corrected chi connectivity index (χ0v) is 6.08. The summed E-state index contributed by atoms with van der Waals surface area (Å²) in [5.41, 5.74) is 0.321. The van der Waals surface area contributed by atoms with Crippen molar-refractivity contribution in [2.24, 2.45) is 10.9 Å². The zero-order valence-electron chi connectivity index (χ0n) is 5.26. The summed E-state index contributed by atoms with van der Waals surface area (Å²) >= 11 is 4.57. The van der Waals surface area contributed by atoms with E-state index in [2.05, 4.69) is 22.4 Å². The van der Waals surface area contributed by atoms with Crippen LogP contribution in [0.15, 0.2) is 4.99 Å². The summed E-state index contributed by atoms with van der Waals surface area (Å²) in [6.07, 6.45) is 5.28. The molecule has 0 spiro atoms. The molecular formula is C7H9NS. The number of hydrogen-bond acceptors (Lipinski definition) is 2. The van der Waals surface area contributed by atoms with Gasteiger partial charge in [-0.25, -0.2) is 4.99 Å². The predicted octanol–water partition coefficient (Wildman–Crippen LogP) is 2.03. The normalized spacial score (nSPS) is 28.9. The number of hydrogen-bond donors (Lipinski definition) is 0. The van der Waals surface area contributed by atoms with Gasteiger partial charge in [-0.1, -0.05) is 0 Å². The molecule has 48 valence electrons. The van der Waals surface area contributed by atoms with Gasteiger partial charge in [-0.05, 0) is 43.8 Å². The largest absolute Gasteiger partial charge is 0.225 e. The molecule has 0 heterocycles. The van der Waals surface area contributed by atoms with Gasteiger partial charge in [0.2, 0.25) is 0 Å². The highest BCUT2D eigenvalue weighted by Crippen LogP contribution is 2.56. The first kappa shape index (κ1) is 5.57. The number of thiocarbonyl (C=S) groups is 1. The second-order valence-electron chi connectivity index (χ2n) is 3.08. The average molecular weight is 139 g/mol. The van der Waals surface area contributed by atoms with Crippen molar-refractivity contribution >= 4 is 17.4 Å². The van der Waals surface area contributed by atoms with Crippen LogP contribution >= 0.6 is 12.2 Å². The molecule has 0 aromatic rings. The number of rotatable bonds is 2. The number of isothiocyanates is 1. The Morgan fingerprint density at radius 2 is 2.11 bits per heavy atom. The lowest BCUT2D eigenvalue weighted by molar-refractivity contribution is 0.595. The Morgan fingerprint density at radius 1 is 1.44 bits per heavy atom. The minimum atomic E-state index is 0.321. The fraction of sp³-hybridized carbons (Fsp3) is 0.857. The number of aliphatic imine (C=N–C) groups is 1. The van der Waals surface area contributed by atoms with E-state index < -0.39 is 0 Å². The molecule has 0 atom stereocenters. The molecule has 2 saturated carbocycles. The molecule has 0 aliphatic heterocycles. The molecule has 0 saturated heterocycles. The van der Waals surface area contributed by atoms with Crippen LogP contribution in [0, 0.1) is 5.92 Å². The third-order valence-corrected chi connectivity index (χ3v) is 2.46. The Morgan fingerprint density at radius 3 is 2.44 bits per heavy atom. The molecule has 2 aliphatic rings. The Kier molecular flexibility index (Phi) is 1.02. The van der Waals surface area contributed by atoms with E-state index in [4.69, 9.17) is 0 Å². The van der Waals surface area contributed by atoms with Crippen LogP contribution in [-0.2, 0) is 0 Å².